The van der Waals surface area contributed by atoms with Gasteiger partial charge in [-0.05, 0) is 50.5 Å². The second-order valence-electron chi connectivity index (χ2n) is 5.22. The summed E-state index contributed by atoms with van der Waals surface area (Å²) in [6, 6.07) is 0. The molecule has 0 spiro atoms. The molecule has 0 heterocycles. The number of carbonyl (C=O) groups excluding carboxylic acids is 1. The summed E-state index contributed by atoms with van der Waals surface area (Å²) in [7, 11) is 0. The van der Waals surface area contributed by atoms with Crippen molar-refractivity contribution in [1.29, 1.82) is 0 Å². The van der Waals surface area contributed by atoms with Crippen molar-refractivity contribution in [3.05, 3.63) is 23.3 Å². The fourth-order valence-electron chi connectivity index (χ4n) is 2.05. The Balaban J connectivity index is 2.64. The van der Waals surface area contributed by atoms with Gasteiger partial charge in [-0.15, -0.1) is 0 Å². The Kier molecular flexibility index (Phi) is 3.54. The molecule has 0 bridgehead atoms. The lowest BCUT2D eigenvalue weighted by molar-refractivity contribution is -0.113. The third kappa shape index (κ3) is 2.58. The van der Waals surface area contributed by atoms with Crippen LogP contribution in [0.15, 0.2) is 23.3 Å². The largest absolute Gasteiger partial charge is 0.295 e. The van der Waals surface area contributed by atoms with Crippen molar-refractivity contribution >= 4 is 5.78 Å². The van der Waals surface area contributed by atoms with Gasteiger partial charge in [0.15, 0.2) is 5.78 Å². The van der Waals surface area contributed by atoms with Crippen LogP contribution in [0.2, 0.25) is 0 Å². The van der Waals surface area contributed by atoms with Crippen LogP contribution in [-0.2, 0) is 4.79 Å². The van der Waals surface area contributed by atoms with Crippen LogP contribution in [0.3, 0.4) is 0 Å². The fourth-order valence-corrected chi connectivity index (χ4v) is 2.05. The first-order valence-corrected chi connectivity index (χ1v) is 5.70. The lowest BCUT2D eigenvalue weighted by Crippen LogP contribution is -2.19. The Morgan fingerprint density at radius 3 is 2.53 bits per heavy atom. The highest BCUT2D eigenvalue weighted by atomic mass is 16.1. The van der Waals surface area contributed by atoms with Crippen LogP contribution >= 0.6 is 0 Å². The van der Waals surface area contributed by atoms with Gasteiger partial charge in [0.25, 0.3) is 0 Å². The standard InChI is InChI=1S/C14H22O/c1-10(12(3)15)6-8-13-9-7-11(2)14(13,4)5/h6-7,13H,8-9H2,1-5H3/b10-6+/t13-/m0/s1. The summed E-state index contributed by atoms with van der Waals surface area (Å²) in [4.78, 5) is 11.1. The molecule has 1 heteroatoms. The van der Waals surface area contributed by atoms with Gasteiger partial charge in [0.2, 0.25) is 0 Å². The Labute approximate surface area is 93.3 Å². The molecule has 1 aliphatic carbocycles. The van der Waals surface area contributed by atoms with Gasteiger partial charge in [-0.25, -0.2) is 0 Å². The van der Waals surface area contributed by atoms with Gasteiger partial charge in [0.05, 0.1) is 0 Å². The molecule has 0 aromatic carbocycles. The van der Waals surface area contributed by atoms with E-state index in [2.05, 4.69) is 32.9 Å². The van der Waals surface area contributed by atoms with Gasteiger partial charge in [-0.1, -0.05) is 31.6 Å². The molecular weight excluding hydrogens is 184 g/mol. The van der Waals surface area contributed by atoms with Crippen molar-refractivity contribution in [2.75, 3.05) is 0 Å². The monoisotopic (exact) mass is 206 g/mol. The van der Waals surface area contributed by atoms with Gasteiger partial charge in [-0.2, -0.15) is 0 Å². The molecule has 0 N–H and O–H groups in total. The number of allylic oxidation sites excluding steroid dienone is 4. The first-order chi connectivity index (χ1) is 6.85. The average Bonchev–Trinajstić information content (AvgIpc) is 2.39. The number of carbonyl (C=O) groups is 1. The second-order valence-corrected chi connectivity index (χ2v) is 5.22. The summed E-state index contributed by atoms with van der Waals surface area (Å²) in [5, 5.41) is 0. The SMILES string of the molecule is CC(=O)/C(C)=C/C[C@H]1CC=C(C)C1(C)C. The predicted molar refractivity (Wildman–Crippen MR) is 64.7 cm³/mol. The molecule has 0 fully saturated rings. The van der Waals surface area contributed by atoms with Crippen molar-refractivity contribution in [2.24, 2.45) is 11.3 Å². The van der Waals surface area contributed by atoms with E-state index < -0.39 is 0 Å². The van der Waals surface area contributed by atoms with E-state index in [1.54, 1.807) is 6.92 Å². The van der Waals surface area contributed by atoms with E-state index in [9.17, 15) is 4.79 Å². The predicted octanol–water partition coefficient (Wildman–Crippen LogP) is 3.90. The molecular formula is C14H22O. The van der Waals surface area contributed by atoms with E-state index in [0.29, 0.717) is 11.3 Å². The molecule has 15 heavy (non-hydrogen) atoms. The van der Waals surface area contributed by atoms with Gasteiger partial charge in [-0.3, -0.25) is 4.79 Å². The van der Waals surface area contributed by atoms with Gasteiger partial charge >= 0.3 is 0 Å². The third-order valence-corrected chi connectivity index (χ3v) is 4.01. The zero-order valence-corrected chi connectivity index (χ0v) is 10.6. The van der Waals surface area contributed by atoms with Crippen LogP contribution in [-0.4, -0.2) is 5.78 Å². The lowest BCUT2D eigenvalue weighted by Gasteiger charge is -2.29. The summed E-state index contributed by atoms with van der Waals surface area (Å²) < 4.78 is 0. The maximum absolute atomic E-state index is 11.1. The van der Waals surface area contributed by atoms with E-state index in [4.69, 9.17) is 0 Å². The third-order valence-electron chi connectivity index (χ3n) is 4.01. The highest BCUT2D eigenvalue weighted by Crippen LogP contribution is 2.44. The van der Waals surface area contributed by atoms with Gasteiger partial charge in [0, 0.05) is 0 Å². The molecule has 1 aliphatic rings. The lowest BCUT2D eigenvalue weighted by atomic mass is 9.76. The quantitative estimate of drug-likeness (QED) is 0.505. The number of ketones is 1. The summed E-state index contributed by atoms with van der Waals surface area (Å²) in [5.41, 5.74) is 2.69. The molecule has 84 valence electrons. The van der Waals surface area contributed by atoms with E-state index >= 15 is 0 Å². The minimum Gasteiger partial charge on any atom is -0.295 e. The van der Waals surface area contributed by atoms with Crippen molar-refractivity contribution in [3.63, 3.8) is 0 Å². The highest BCUT2D eigenvalue weighted by Gasteiger charge is 2.33. The Morgan fingerprint density at radius 1 is 1.53 bits per heavy atom. The molecule has 0 amide bonds. The van der Waals surface area contributed by atoms with Crippen LogP contribution in [0.4, 0.5) is 0 Å². The van der Waals surface area contributed by atoms with Crippen molar-refractivity contribution in [1.82, 2.24) is 0 Å². The summed E-state index contributed by atoms with van der Waals surface area (Å²) >= 11 is 0. The van der Waals surface area contributed by atoms with E-state index in [1.807, 2.05) is 6.92 Å². The number of rotatable bonds is 3. The summed E-state index contributed by atoms with van der Waals surface area (Å²) in [6.45, 7) is 10.3. The summed E-state index contributed by atoms with van der Waals surface area (Å²) in [5.74, 6) is 0.849. The van der Waals surface area contributed by atoms with Crippen LogP contribution in [0.5, 0.6) is 0 Å². The van der Waals surface area contributed by atoms with Gasteiger partial charge < -0.3 is 0 Å². The van der Waals surface area contributed by atoms with Crippen molar-refractivity contribution in [3.8, 4) is 0 Å². The van der Waals surface area contributed by atoms with Crippen molar-refractivity contribution in [2.45, 2.75) is 47.5 Å². The molecule has 0 aliphatic heterocycles. The average molecular weight is 206 g/mol. The highest BCUT2D eigenvalue weighted by molar-refractivity contribution is 5.92. The number of hydrogen-bond acceptors (Lipinski definition) is 1. The zero-order valence-electron chi connectivity index (χ0n) is 10.6. The van der Waals surface area contributed by atoms with E-state index in [-0.39, 0.29) is 5.78 Å². The molecule has 0 unspecified atom stereocenters. The molecule has 1 nitrogen and oxygen atoms in total. The summed E-state index contributed by atoms with van der Waals surface area (Å²) in [6.07, 6.45) is 6.61. The molecule has 0 saturated carbocycles. The Morgan fingerprint density at radius 2 is 2.13 bits per heavy atom. The fraction of sp³-hybridized carbons (Fsp3) is 0.643. The van der Waals surface area contributed by atoms with Crippen LogP contribution in [0.1, 0.15) is 47.5 Å². The maximum atomic E-state index is 11.1. The Hall–Kier alpha value is -0.850. The molecule has 0 saturated heterocycles. The van der Waals surface area contributed by atoms with Crippen LogP contribution in [0, 0.1) is 11.3 Å². The van der Waals surface area contributed by atoms with Crippen LogP contribution in [0.25, 0.3) is 0 Å². The first kappa shape index (κ1) is 12.2. The first-order valence-electron chi connectivity index (χ1n) is 5.70. The van der Waals surface area contributed by atoms with Crippen LogP contribution < -0.4 is 0 Å². The molecule has 1 atom stereocenters. The molecule has 0 radical (unpaired) electrons. The van der Waals surface area contributed by atoms with E-state index in [0.717, 1.165) is 18.4 Å². The number of hydrogen-bond donors (Lipinski definition) is 0. The van der Waals surface area contributed by atoms with Gasteiger partial charge in [0.1, 0.15) is 0 Å². The van der Waals surface area contributed by atoms with E-state index in [1.165, 1.54) is 5.57 Å². The second kappa shape index (κ2) is 4.34. The minimum atomic E-state index is 0.190. The molecule has 0 aromatic heterocycles. The smallest absolute Gasteiger partial charge is 0.155 e. The minimum absolute atomic E-state index is 0.190. The van der Waals surface area contributed by atoms with Crippen molar-refractivity contribution < 1.29 is 4.79 Å². The molecule has 1 rings (SSSR count). The Bertz CT molecular complexity index is 318. The topological polar surface area (TPSA) is 17.1 Å². The number of Topliss-reactive ketones (excluding diaryl/α,β-unsaturated/α-hetero) is 1. The molecule has 0 aromatic rings. The normalized spacial score (nSPS) is 25.3. The zero-order chi connectivity index (χ0) is 11.6. The maximum Gasteiger partial charge on any atom is 0.155 e.